The van der Waals surface area contributed by atoms with E-state index in [-0.39, 0.29) is 74.9 Å². The van der Waals surface area contributed by atoms with Crippen LogP contribution in [0.15, 0.2) is 0 Å². The van der Waals surface area contributed by atoms with Crippen LogP contribution in [0.1, 0.15) is 366 Å². The lowest BCUT2D eigenvalue weighted by Crippen LogP contribution is -2.56. The van der Waals surface area contributed by atoms with Crippen LogP contribution in [0.3, 0.4) is 0 Å². The molecule has 0 saturated carbocycles. The van der Waals surface area contributed by atoms with Gasteiger partial charge in [0.2, 0.25) is 23.6 Å². The molecule has 0 aromatic heterocycles. The van der Waals surface area contributed by atoms with Gasteiger partial charge in [0.25, 0.3) is 0 Å². The van der Waals surface area contributed by atoms with Crippen LogP contribution < -0.4 is 21.3 Å². The van der Waals surface area contributed by atoms with Crippen molar-refractivity contribution in [3.8, 4) is 0 Å². The van der Waals surface area contributed by atoms with Crippen molar-refractivity contribution in [2.24, 2.45) is 0 Å². The number of amides is 4. The van der Waals surface area contributed by atoms with Crippen molar-refractivity contribution in [3.05, 3.63) is 0 Å². The van der Waals surface area contributed by atoms with Crippen molar-refractivity contribution in [2.45, 2.75) is 407 Å². The van der Waals surface area contributed by atoms with E-state index in [1.54, 1.807) is 62.3 Å². The van der Waals surface area contributed by atoms with Crippen molar-refractivity contribution in [3.63, 3.8) is 0 Å². The molecular weight excluding hydrogens is 1220 g/mol. The molecule has 19 heteroatoms. The fraction of sp³-hybridized carbons (Fsp3) is 0.882. The van der Waals surface area contributed by atoms with Gasteiger partial charge in [-0.25, -0.2) is 4.79 Å². The van der Waals surface area contributed by atoms with Crippen molar-refractivity contribution < 1.29 is 66.8 Å². The maximum atomic E-state index is 14.6. The van der Waals surface area contributed by atoms with E-state index in [0.717, 1.165) is 64.2 Å². The summed E-state index contributed by atoms with van der Waals surface area (Å²) in [7, 11) is 0. The number of unbranched alkanes of at least 4 members (excludes halogenated alkanes) is 34. The molecule has 0 aromatic carbocycles. The van der Waals surface area contributed by atoms with Gasteiger partial charge in [-0.15, -0.1) is 0 Å². The average Bonchev–Trinajstić information content (AvgIpc) is 1.22. The highest BCUT2D eigenvalue weighted by Crippen LogP contribution is 2.20. The molecule has 0 rings (SSSR count). The second-order valence-corrected chi connectivity index (χ2v) is 30.5. The summed E-state index contributed by atoms with van der Waals surface area (Å²) in [5.41, 5.74) is -2.57. The summed E-state index contributed by atoms with van der Waals surface area (Å²) in [4.78, 5) is 122. The molecule has 0 fully saturated rings. The van der Waals surface area contributed by atoms with Crippen LogP contribution in [-0.2, 0) is 66.8 Å². The van der Waals surface area contributed by atoms with Gasteiger partial charge in [0.1, 0.15) is 47.6 Å². The highest BCUT2D eigenvalue weighted by Gasteiger charge is 2.32. The van der Waals surface area contributed by atoms with E-state index >= 15 is 0 Å². The average molecular weight is 1370 g/mol. The zero-order valence-electron chi connectivity index (χ0n) is 62.4. The molecule has 0 aliphatic rings. The smallest absolute Gasteiger partial charge is 0.329 e. The molecular formula is C76H140N4O14S. The molecule has 0 spiro atoms. The molecule has 554 valence electrons. The van der Waals surface area contributed by atoms with E-state index in [2.05, 4.69) is 42.0 Å². The Bertz CT molecular complexity index is 2050. The van der Waals surface area contributed by atoms with Crippen molar-refractivity contribution >= 4 is 65.2 Å². The van der Waals surface area contributed by atoms with Gasteiger partial charge in [-0.05, 0) is 94.4 Å². The van der Waals surface area contributed by atoms with Gasteiger partial charge in [-0.2, -0.15) is 11.8 Å². The van der Waals surface area contributed by atoms with E-state index in [9.17, 15) is 43.2 Å². The van der Waals surface area contributed by atoms with Crippen LogP contribution >= 0.6 is 11.8 Å². The van der Waals surface area contributed by atoms with Gasteiger partial charge in [0, 0.05) is 43.6 Å². The molecule has 18 nitrogen and oxygen atoms in total. The predicted molar refractivity (Wildman–Crippen MR) is 385 cm³/mol. The summed E-state index contributed by atoms with van der Waals surface area (Å²) in [5, 5.41) is 10.7. The van der Waals surface area contributed by atoms with Gasteiger partial charge in [0.05, 0.1) is 6.54 Å². The normalized spacial score (nSPS) is 13.0. The number of hydrogen-bond acceptors (Lipinski definition) is 15. The molecule has 0 aliphatic heterocycles. The van der Waals surface area contributed by atoms with Crippen LogP contribution in [-0.4, -0.2) is 119 Å². The molecule has 0 bridgehead atoms. The summed E-state index contributed by atoms with van der Waals surface area (Å²) < 4.78 is 28.3. The first-order valence-corrected chi connectivity index (χ1v) is 39.1. The lowest BCUT2D eigenvalue weighted by molar-refractivity contribution is -0.160. The molecule has 4 N–H and O–H groups in total. The Morgan fingerprint density at radius 1 is 0.337 bits per heavy atom. The minimum atomic E-state index is -1.42. The van der Waals surface area contributed by atoms with Crippen LogP contribution in [0.2, 0.25) is 0 Å². The van der Waals surface area contributed by atoms with Gasteiger partial charge in [-0.3, -0.25) is 38.4 Å². The first kappa shape index (κ1) is 90.6. The predicted octanol–water partition coefficient (Wildman–Crippen LogP) is 17.0. The maximum absolute atomic E-state index is 14.6. The van der Waals surface area contributed by atoms with Gasteiger partial charge >= 0.3 is 29.8 Å². The Labute approximate surface area is 581 Å². The van der Waals surface area contributed by atoms with Crippen molar-refractivity contribution in [1.82, 2.24) is 21.3 Å². The second-order valence-electron chi connectivity index (χ2n) is 29.4. The minimum Gasteiger partial charge on any atom is -0.462 e. The SMILES string of the molecule is CCCCCCCCCCCCCCCC(=O)OC[C@H](CSC[C@H](NC(=O)CCCCCCCCCCCCC)C(=O)N[C@@H](CCC(=O)OC(C)(C)C)C(=O)NCC(=O)N[C@@H](CCC(=O)OC(C)(C)C)C(=O)OC(C)(C)C)OC(=O)CCCCCCCCCCCCCCC. The third-order valence-corrected chi connectivity index (χ3v) is 17.3. The Morgan fingerprint density at radius 3 is 1.07 bits per heavy atom. The zero-order valence-corrected chi connectivity index (χ0v) is 63.2. The van der Waals surface area contributed by atoms with E-state index in [1.807, 2.05) is 0 Å². The second kappa shape index (κ2) is 57.5. The first-order chi connectivity index (χ1) is 45.2. The zero-order chi connectivity index (χ0) is 71.0. The summed E-state index contributed by atoms with van der Waals surface area (Å²) in [6.45, 7) is 21.1. The third-order valence-electron chi connectivity index (χ3n) is 16.1. The number of carbonyl (C=O) groups excluding carboxylic acids is 9. The lowest BCUT2D eigenvalue weighted by atomic mass is 10.0. The monoisotopic (exact) mass is 1370 g/mol. The highest BCUT2D eigenvalue weighted by molar-refractivity contribution is 7.99. The number of thioether (sulfide) groups is 1. The number of hydrogen-bond donors (Lipinski definition) is 4. The molecule has 0 aromatic rings. The summed E-state index contributed by atoms with van der Waals surface area (Å²) >= 11 is 1.22. The van der Waals surface area contributed by atoms with Crippen molar-refractivity contribution in [2.75, 3.05) is 24.7 Å². The Morgan fingerprint density at radius 2 is 0.684 bits per heavy atom. The van der Waals surface area contributed by atoms with Crippen LogP contribution in [0.4, 0.5) is 0 Å². The number of ether oxygens (including phenoxy) is 5. The summed E-state index contributed by atoms with van der Waals surface area (Å²) in [6, 6.07) is -3.92. The molecule has 0 radical (unpaired) electrons. The molecule has 0 aliphatic carbocycles. The van der Waals surface area contributed by atoms with Crippen LogP contribution in [0.5, 0.6) is 0 Å². The maximum Gasteiger partial charge on any atom is 0.329 e. The standard InChI is InChI=1S/C76H140N4O14S/c1-13-16-19-22-25-28-31-33-36-39-42-45-48-51-67(83)90-58-61(91-68(84)52-49-46-43-40-37-34-32-29-26-23-20-17-14-2)59-95-60-64(79-65(81)50-47-44-41-38-35-30-27-24-21-18-15-3)72(88)80-62(53-55-69(85)92-74(4,5)6)71(87)77-57-66(82)78-63(73(89)94-76(10,11)12)54-56-70(86)93-75(7,8)9/h61-64H,13-60H2,1-12H3,(H,77,87)(H,78,82)(H,79,81)(H,80,88)/t61-,62+,63+,64+/m1/s1. The van der Waals surface area contributed by atoms with E-state index in [1.165, 1.54) is 166 Å². The largest absolute Gasteiger partial charge is 0.462 e. The van der Waals surface area contributed by atoms with E-state index in [0.29, 0.717) is 19.3 Å². The molecule has 95 heavy (non-hydrogen) atoms. The fourth-order valence-corrected chi connectivity index (χ4v) is 12.0. The Balaban J connectivity index is 6.47. The molecule has 0 heterocycles. The van der Waals surface area contributed by atoms with Crippen LogP contribution in [0, 0.1) is 0 Å². The number of esters is 5. The summed E-state index contributed by atoms with van der Waals surface area (Å²) in [6.07, 6.45) is 41.4. The number of carbonyl (C=O) groups is 9. The van der Waals surface area contributed by atoms with Gasteiger partial charge in [0.15, 0.2) is 0 Å². The molecule has 0 saturated heterocycles. The quantitative estimate of drug-likeness (QED) is 0.0251. The summed E-state index contributed by atoms with van der Waals surface area (Å²) in [5.74, 6) is -5.48. The Hall–Kier alpha value is -4.42. The molecule has 4 amide bonds. The number of nitrogens with one attached hydrogen (secondary N) is 4. The van der Waals surface area contributed by atoms with Crippen molar-refractivity contribution in [1.29, 1.82) is 0 Å². The highest BCUT2D eigenvalue weighted by atomic mass is 32.2. The van der Waals surface area contributed by atoms with E-state index in [4.69, 9.17) is 23.7 Å². The van der Waals surface area contributed by atoms with Gasteiger partial charge < -0.3 is 45.0 Å². The number of rotatable bonds is 61. The molecule has 4 atom stereocenters. The van der Waals surface area contributed by atoms with Crippen LogP contribution in [0.25, 0.3) is 0 Å². The fourth-order valence-electron chi connectivity index (χ4n) is 10.9. The Kier molecular flexibility index (Phi) is 54.8. The topological polar surface area (TPSA) is 248 Å². The van der Waals surface area contributed by atoms with Gasteiger partial charge in [-0.1, -0.05) is 239 Å². The molecule has 0 unspecified atom stereocenters. The third kappa shape index (κ3) is 59.4. The first-order valence-electron chi connectivity index (χ1n) is 37.9. The minimum absolute atomic E-state index is 0.0339. The van der Waals surface area contributed by atoms with E-state index < -0.39 is 89.2 Å². The lowest BCUT2D eigenvalue weighted by Gasteiger charge is -2.26.